The van der Waals surface area contributed by atoms with Crippen LogP contribution < -0.4 is 43.7 Å². The molecule has 0 unspecified atom stereocenters. The zero-order valence-electron chi connectivity index (χ0n) is 33.4. The Balaban J connectivity index is 1.46. The molecule has 0 aliphatic heterocycles. The predicted molar refractivity (Wildman–Crippen MR) is 264 cm³/mol. The first kappa shape index (κ1) is 34.1. The van der Waals surface area contributed by atoms with E-state index in [-0.39, 0.29) is 0 Å². The molecule has 0 saturated heterocycles. The van der Waals surface area contributed by atoms with Crippen LogP contribution in [0.3, 0.4) is 0 Å². The van der Waals surface area contributed by atoms with E-state index in [1.807, 2.05) is 0 Å². The second kappa shape index (κ2) is 12.3. The fourth-order valence-electron chi connectivity index (χ4n) is 10.2. The van der Waals surface area contributed by atoms with Crippen LogP contribution in [-0.2, 0) is 6.42 Å². The van der Waals surface area contributed by atoms with Crippen LogP contribution in [0.1, 0.15) is 12.7 Å². The van der Waals surface area contributed by atoms with Crippen molar-refractivity contribution < 1.29 is 0 Å². The van der Waals surface area contributed by atoms with Crippen molar-refractivity contribution in [3.63, 3.8) is 0 Å². The van der Waals surface area contributed by atoms with Gasteiger partial charge in [-0.1, -0.05) is 114 Å². The molecule has 10 heteroatoms. The van der Waals surface area contributed by atoms with Crippen LogP contribution in [0.4, 0.5) is 0 Å². The minimum absolute atomic E-state index is 0.839. The average molecular weight is 693 g/mol. The van der Waals surface area contributed by atoms with Gasteiger partial charge in [-0.05, 0) is 89.5 Å². The topological polar surface area (TPSA) is 17.8 Å². The number of imidazole rings is 1. The van der Waals surface area contributed by atoms with Gasteiger partial charge in [-0.25, -0.2) is 4.98 Å². The number of aromatic nitrogens is 2. The number of aryl methyl sites for hydroxylation is 1. The molecule has 0 N–H and O–H groups in total. The minimum Gasteiger partial charge on any atom is -0.296 e. The molecule has 8 aromatic carbocycles. The van der Waals surface area contributed by atoms with Crippen molar-refractivity contribution in [2.24, 2.45) is 0 Å². The number of rotatable bonds is 4. The Morgan fingerprint density at radius 2 is 0.873 bits per heavy atom. The van der Waals surface area contributed by atoms with Gasteiger partial charge in [0.05, 0.1) is 16.7 Å². The lowest BCUT2D eigenvalue weighted by Crippen LogP contribution is -2.50. The molecule has 1 aromatic heterocycles. The van der Waals surface area contributed by atoms with Gasteiger partial charge in [0.25, 0.3) is 0 Å². The molecule has 0 fully saturated rings. The molecular weight excluding hydrogens is 655 g/mol. The second-order valence-corrected chi connectivity index (χ2v) is 15.9. The fraction of sp³-hybridized carbons (Fsp3) is 0.0444. The van der Waals surface area contributed by atoms with Crippen molar-refractivity contribution in [3.8, 4) is 50.2 Å². The molecular formula is C45H38B8N2. The lowest BCUT2D eigenvalue weighted by Gasteiger charge is -2.29. The van der Waals surface area contributed by atoms with Gasteiger partial charge in [0.2, 0.25) is 0 Å². The summed E-state index contributed by atoms with van der Waals surface area (Å²) in [5.74, 6) is 1.08. The lowest BCUT2D eigenvalue weighted by molar-refractivity contribution is 0.909. The monoisotopic (exact) mass is 694 g/mol. The van der Waals surface area contributed by atoms with E-state index in [1.54, 1.807) is 0 Å². The van der Waals surface area contributed by atoms with Crippen molar-refractivity contribution in [1.82, 2.24) is 9.55 Å². The van der Waals surface area contributed by atoms with Gasteiger partial charge in [0.15, 0.2) is 0 Å². The van der Waals surface area contributed by atoms with Gasteiger partial charge in [0, 0.05) is 12.0 Å². The molecule has 55 heavy (non-hydrogen) atoms. The van der Waals surface area contributed by atoms with E-state index in [9.17, 15) is 0 Å². The van der Waals surface area contributed by atoms with Crippen molar-refractivity contribution in [1.29, 1.82) is 0 Å². The van der Waals surface area contributed by atoms with Crippen LogP contribution in [0.5, 0.6) is 0 Å². The summed E-state index contributed by atoms with van der Waals surface area (Å²) >= 11 is 0. The highest BCUT2D eigenvalue weighted by Crippen LogP contribution is 2.51. The molecule has 1 heterocycles. The summed E-state index contributed by atoms with van der Waals surface area (Å²) in [7, 11) is 18.8. The van der Waals surface area contributed by atoms with E-state index in [2.05, 4.69) is 177 Å². The Hall–Kier alpha value is -5.47. The van der Waals surface area contributed by atoms with Crippen LogP contribution in [-0.4, -0.2) is 72.3 Å². The first-order valence-corrected chi connectivity index (χ1v) is 19.8. The zero-order valence-corrected chi connectivity index (χ0v) is 33.4. The Labute approximate surface area is 330 Å². The number of nitrogens with zero attached hydrogens (tertiary/aromatic N) is 2. The summed E-state index contributed by atoms with van der Waals surface area (Å²) in [5, 5.41) is 8.14. The first-order chi connectivity index (χ1) is 26.6. The van der Waals surface area contributed by atoms with E-state index < -0.39 is 0 Å². The van der Waals surface area contributed by atoms with E-state index in [0.29, 0.717) is 0 Å². The fourth-order valence-corrected chi connectivity index (χ4v) is 10.2. The molecule has 2 nitrogen and oxygen atoms in total. The Morgan fingerprint density at radius 1 is 0.418 bits per heavy atom. The highest BCUT2D eigenvalue weighted by molar-refractivity contribution is 6.71. The van der Waals surface area contributed by atoms with Gasteiger partial charge in [-0.3, -0.25) is 4.57 Å². The standard InChI is InChI=1S/C45H38B8N2/c1-2-30-54-27-15-6-8-17-29(27)55(30)28-16-7-5-12-26(28)33-36-34(38(46)42(50)44(52)40(36)48)32(35-37(33)41(49)45(53)43(51)39(35)47)25-19-18-24-21-11-4-3-10-20(21)22-13-9-14-23(25)31(22)24/h3-19H,2,46-53H2,1H3. The Morgan fingerprint density at radius 3 is 1.45 bits per heavy atom. The quantitative estimate of drug-likeness (QED) is 0.156. The molecule has 1 aliphatic rings. The lowest BCUT2D eigenvalue weighted by atomic mass is 9.59. The molecule has 0 atom stereocenters. The van der Waals surface area contributed by atoms with Crippen molar-refractivity contribution >= 4 is 150 Å². The van der Waals surface area contributed by atoms with E-state index in [1.165, 1.54) is 126 Å². The van der Waals surface area contributed by atoms with Crippen LogP contribution in [0.2, 0.25) is 0 Å². The average Bonchev–Trinajstić information content (AvgIpc) is 3.76. The maximum atomic E-state index is 5.16. The van der Waals surface area contributed by atoms with Crippen molar-refractivity contribution in [3.05, 3.63) is 109 Å². The highest BCUT2D eigenvalue weighted by Gasteiger charge is 2.29. The summed E-state index contributed by atoms with van der Waals surface area (Å²) in [4.78, 5) is 5.16. The summed E-state index contributed by atoms with van der Waals surface area (Å²) < 4.78 is 2.42. The van der Waals surface area contributed by atoms with E-state index >= 15 is 0 Å². The molecule has 0 spiro atoms. The third-order valence-corrected chi connectivity index (χ3v) is 13.6. The van der Waals surface area contributed by atoms with Crippen LogP contribution in [0.15, 0.2) is 103 Å². The highest BCUT2D eigenvalue weighted by atomic mass is 15.1. The van der Waals surface area contributed by atoms with Crippen molar-refractivity contribution in [2.45, 2.75) is 13.3 Å². The normalized spacial score (nSPS) is 12.0. The Kier molecular flexibility index (Phi) is 7.60. The minimum atomic E-state index is 0.839. The number of para-hydroxylation sites is 3. The van der Waals surface area contributed by atoms with Gasteiger partial charge in [-0.15, -0.1) is 21.9 Å². The number of hydrogen-bond acceptors (Lipinski definition) is 1. The summed E-state index contributed by atoms with van der Waals surface area (Å²) in [6.45, 7) is 2.22. The first-order valence-electron chi connectivity index (χ1n) is 19.8. The van der Waals surface area contributed by atoms with Crippen LogP contribution >= 0.6 is 0 Å². The maximum Gasteiger partial charge on any atom is 0.139 e. The molecule has 0 saturated carbocycles. The van der Waals surface area contributed by atoms with Gasteiger partial charge < -0.3 is 0 Å². The van der Waals surface area contributed by atoms with Gasteiger partial charge in [0.1, 0.15) is 68.6 Å². The third-order valence-electron chi connectivity index (χ3n) is 13.6. The smallest absolute Gasteiger partial charge is 0.139 e. The van der Waals surface area contributed by atoms with Gasteiger partial charge >= 0.3 is 0 Å². The molecule has 1 aliphatic carbocycles. The summed E-state index contributed by atoms with van der Waals surface area (Å²) in [6.07, 6.45) is 0.839. The van der Waals surface area contributed by atoms with Crippen molar-refractivity contribution in [2.75, 3.05) is 0 Å². The van der Waals surface area contributed by atoms with E-state index in [4.69, 9.17) is 4.98 Å². The summed E-state index contributed by atoms with van der Waals surface area (Å²) in [5.41, 5.74) is 24.8. The van der Waals surface area contributed by atoms with E-state index in [0.717, 1.165) is 23.3 Å². The molecule has 10 rings (SSSR count). The number of hydrogen-bond donors (Lipinski definition) is 0. The largest absolute Gasteiger partial charge is 0.296 e. The predicted octanol–water partition coefficient (Wildman–Crippen LogP) is -1.90. The molecule has 0 amide bonds. The van der Waals surface area contributed by atoms with Gasteiger partial charge in [-0.2, -0.15) is 0 Å². The van der Waals surface area contributed by atoms with Crippen LogP contribution in [0.25, 0.3) is 93.5 Å². The zero-order chi connectivity index (χ0) is 38.0. The molecule has 0 bridgehead atoms. The molecule has 252 valence electrons. The molecule has 0 radical (unpaired) electrons. The molecule has 9 aromatic rings. The number of benzene rings is 8. The van der Waals surface area contributed by atoms with Crippen LogP contribution in [0, 0.1) is 0 Å². The maximum absolute atomic E-state index is 5.16. The SMILES string of the molecule is Bc1c(B)c(B)c2c(-c3ccc4c5c(cccc35)-c3ccccc3-4)c3c(B)c(B)c(B)c(B)c3c(-c3ccccc3-n3c(CC)nc4ccccc43)c2c1B. The number of fused-ring (bicyclic) bond motifs is 6. The second-order valence-electron chi connectivity index (χ2n) is 15.9. The Bertz CT molecular complexity index is 3070. The third kappa shape index (κ3) is 4.52. The summed E-state index contributed by atoms with van der Waals surface area (Å²) in [6, 6.07) is 38.4.